The van der Waals surface area contributed by atoms with Gasteiger partial charge in [-0.1, -0.05) is 6.07 Å². The van der Waals surface area contributed by atoms with Gasteiger partial charge in [-0.3, -0.25) is 4.79 Å². The molecule has 0 radical (unpaired) electrons. The number of piperazine rings is 1. The second kappa shape index (κ2) is 9.64. The molecule has 1 aromatic heterocycles. The topological polar surface area (TPSA) is 94.1 Å². The molecule has 1 fully saturated rings. The number of aryl methyl sites for hydroxylation is 1. The zero-order valence-corrected chi connectivity index (χ0v) is 19.6. The number of carbonyl (C=O) groups excluding carboxylic acids is 2. The fourth-order valence-corrected chi connectivity index (χ4v) is 4.58. The van der Waals surface area contributed by atoms with E-state index < -0.39 is 0 Å². The first-order valence-electron chi connectivity index (χ1n) is 11.2. The number of aromatic nitrogens is 2. The molecule has 2 aliphatic rings. The van der Waals surface area contributed by atoms with Gasteiger partial charge in [0.2, 0.25) is 5.95 Å². The van der Waals surface area contributed by atoms with Gasteiger partial charge in [-0.05, 0) is 31.9 Å². The lowest BCUT2D eigenvalue weighted by atomic mass is 9.81. The average molecular weight is 455 g/mol. The molecule has 1 aliphatic heterocycles. The average Bonchev–Trinajstić information content (AvgIpc) is 2.83. The highest BCUT2D eigenvalue weighted by molar-refractivity contribution is 5.99. The summed E-state index contributed by atoms with van der Waals surface area (Å²) in [6, 6.07) is 5.69. The zero-order valence-electron chi connectivity index (χ0n) is 19.6. The van der Waals surface area contributed by atoms with E-state index in [9.17, 15) is 9.59 Å². The van der Waals surface area contributed by atoms with Crippen LogP contribution in [-0.2, 0) is 11.2 Å². The molecule has 0 bridgehead atoms. The molecule has 1 saturated heterocycles. The Balaban J connectivity index is 1.57. The van der Waals surface area contributed by atoms with Gasteiger partial charge < -0.3 is 24.0 Å². The Morgan fingerprint density at radius 1 is 1.09 bits per heavy atom. The number of amides is 1. The summed E-state index contributed by atoms with van der Waals surface area (Å²) in [5.41, 5.74) is 3.07. The maximum Gasteiger partial charge on any atom is 0.409 e. The molecule has 9 heteroatoms. The minimum Gasteiger partial charge on any atom is -0.497 e. The highest BCUT2D eigenvalue weighted by Gasteiger charge is 2.32. The van der Waals surface area contributed by atoms with Crippen LogP contribution in [0.15, 0.2) is 18.2 Å². The summed E-state index contributed by atoms with van der Waals surface area (Å²) in [6.45, 7) is 6.34. The summed E-state index contributed by atoms with van der Waals surface area (Å²) in [6.07, 6.45) is 0.724. The van der Waals surface area contributed by atoms with Gasteiger partial charge in [-0.25, -0.2) is 14.8 Å². The molecule has 1 aromatic carbocycles. The molecule has 1 unspecified atom stereocenters. The van der Waals surface area contributed by atoms with Crippen molar-refractivity contribution in [3.8, 4) is 11.5 Å². The number of Topliss-reactive ketones (excluding diaryl/α,β-unsaturated/α-hetero) is 1. The van der Waals surface area contributed by atoms with Crippen LogP contribution >= 0.6 is 0 Å². The first kappa shape index (κ1) is 22.8. The van der Waals surface area contributed by atoms with Gasteiger partial charge in [0.1, 0.15) is 11.5 Å². The lowest BCUT2D eigenvalue weighted by Crippen LogP contribution is -2.49. The van der Waals surface area contributed by atoms with Crippen molar-refractivity contribution < 1.29 is 23.8 Å². The maximum atomic E-state index is 13.1. The molecule has 0 spiro atoms. The van der Waals surface area contributed by atoms with Crippen molar-refractivity contribution in [2.24, 2.45) is 0 Å². The van der Waals surface area contributed by atoms with Gasteiger partial charge in [0.15, 0.2) is 5.78 Å². The number of anilines is 1. The Hall–Kier alpha value is -3.36. The van der Waals surface area contributed by atoms with Crippen LogP contribution in [0.4, 0.5) is 10.7 Å². The zero-order chi connectivity index (χ0) is 23.5. The van der Waals surface area contributed by atoms with Crippen LogP contribution in [0.2, 0.25) is 0 Å². The molecule has 1 amide bonds. The molecule has 1 aliphatic carbocycles. The number of fused-ring (bicyclic) bond motifs is 1. The van der Waals surface area contributed by atoms with Crippen molar-refractivity contribution in [1.29, 1.82) is 0 Å². The molecule has 0 N–H and O–H groups in total. The third-order valence-electron chi connectivity index (χ3n) is 6.27. The van der Waals surface area contributed by atoms with E-state index in [1.807, 2.05) is 25.1 Å². The third-order valence-corrected chi connectivity index (χ3v) is 6.27. The molecule has 4 rings (SSSR count). The van der Waals surface area contributed by atoms with E-state index in [-0.39, 0.29) is 17.8 Å². The second-order valence-electron chi connectivity index (χ2n) is 8.24. The first-order valence-corrected chi connectivity index (χ1v) is 11.2. The minimum absolute atomic E-state index is 0.0336. The van der Waals surface area contributed by atoms with Crippen molar-refractivity contribution in [1.82, 2.24) is 14.9 Å². The van der Waals surface area contributed by atoms with Gasteiger partial charge in [0.05, 0.1) is 37.8 Å². The second-order valence-corrected chi connectivity index (χ2v) is 8.24. The van der Waals surface area contributed by atoms with E-state index in [2.05, 4.69) is 9.88 Å². The van der Waals surface area contributed by atoms with Crippen molar-refractivity contribution in [2.45, 2.75) is 32.6 Å². The number of hydrogen-bond acceptors (Lipinski definition) is 8. The highest BCUT2D eigenvalue weighted by atomic mass is 16.6. The number of hydrogen-bond donors (Lipinski definition) is 0. The minimum atomic E-state index is -0.290. The first-order chi connectivity index (χ1) is 15.9. The Kier molecular flexibility index (Phi) is 6.67. The van der Waals surface area contributed by atoms with Gasteiger partial charge >= 0.3 is 6.09 Å². The smallest absolute Gasteiger partial charge is 0.409 e. The van der Waals surface area contributed by atoms with E-state index in [4.69, 9.17) is 19.2 Å². The normalized spacial score (nSPS) is 18.1. The van der Waals surface area contributed by atoms with Crippen LogP contribution in [0.5, 0.6) is 11.5 Å². The number of methoxy groups -OCH3 is 2. The molecular weight excluding hydrogens is 424 g/mol. The van der Waals surface area contributed by atoms with Gasteiger partial charge in [-0.15, -0.1) is 0 Å². The number of rotatable bonds is 5. The monoisotopic (exact) mass is 454 g/mol. The number of carbonyl (C=O) groups is 2. The quantitative estimate of drug-likeness (QED) is 0.681. The molecule has 1 atom stereocenters. The van der Waals surface area contributed by atoms with Crippen LogP contribution < -0.4 is 14.4 Å². The Morgan fingerprint density at radius 3 is 2.52 bits per heavy atom. The summed E-state index contributed by atoms with van der Waals surface area (Å²) < 4.78 is 16.0. The number of ether oxygens (including phenoxy) is 3. The van der Waals surface area contributed by atoms with Crippen molar-refractivity contribution in [3.05, 3.63) is 40.7 Å². The van der Waals surface area contributed by atoms with E-state index in [1.165, 1.54) is 0 Å². The Labute approximate surface area is 193 Å². The molecule has 2 heterocycles. The van der Waals surface area contributed by atoms with Crippen molar-refractivity contribution >= 4 is 17.8 Å². The van der Waals surface area contributed by atoms with Gasteiger partial charge in [0.25, 0.3) is 0 Å². The highest BCUT2D eigenvalue weighted by Crippen LogP contribution is 2.39. The predicted molar refractivity (Wildman–Crippen MR) is 123 cm³/mol. The largest absolute Gasteiger partial charge is 0.497 e. The standard InChI is InChI=1S/C24H30N4O5/c1-5-33-24(30)28-10-8-27(9-11-28)23-25-15(2)22-19(26-23)12-16(13-20(22)29)18-7-6-17(31-3)14-21(18)32-4/h6-7,14,16H,5,8-13H2,1-4H3. The lowest BCUT2D eigenvalue weighted by molar-refractivity contribution is 0.0960. The number of nitrogens with zero attached hydrogens (tertiary/aromatic N) is 4. The molecule has 9 nitrogen and oxygen atoms in total. The number of ketones is 1. The van der Waals surface area contributed by atoms with Gasteiger partial charge in [-0.2, -0.15) is 0 Å². The van der Waals surface area contributed by atoms with E-state index in [0.29, 0.717) is 74.3 Å². The summed E-state index contributed by atoms with van der Waals surface area (Å²) in [4.78, 5) is 38.3. The van der Waals surface area contributed by atoms with Crippen LogP contribution in [0.3, 0.4) is 0 Å². The molecule has 2 aromatic rings. The molecule has 0 saturated carbocycles. The van der Waals surface area contributed by atoms with Crippen LogP contribution in [0, 0.1) is 6.92 Å². The van der Waals surface area contributed by atoms with E-state index >= 15 is 0 Å². The summed E-state index contributed by atoms with van der Waals surface area (Å²) >= 11 is 0. The van der Waals surface area contributed by atoms with Crippen molar-refractivity contribution in [3.63, 3.8) is 0 Å². The van der Waals surface area contributed by atoms with Crippen LogP contribution in [-0.4, -0.2) is 73.7 Å². The predicted octanol–water partition coefficient (Wildman–Crippen LogP) is 2.99. The molecule has 176 valence electrons. The van der Waals surface area contributed by atoms with E-state index in [0.717, 1.165) is 11.3 Å². The summed E-state index contributed by atoms with van der Waals surface area (Å²) in [5, 5.41) is 0. The van der Waals surface area contributed by atoms with Crippen LogP contribution in [0.1, 0.15) is 46.6 Å². The number of benzene rings is 1. The van der Waals surface area contributed by atoms with E-state index in [1.54, 1.807) is 26.0 Å². The lowest BCUT2D eigenvalue weighted by Gasteiger charge is -2.35. The summed E-state index contributed by atoms with van der Waals surface area (Å²) in [7, 11) is 3.24. The summed E-state index contributed by atoms with van der Waals surface area (Å²) in [5.74, 6) is 2.03. The fraction of sp³-hybridized carbons (Fsp3) is 0.500. The molecule has 33 heavy (non-hydrogen) atoms. The van der Waals surface area contributed by atoms with Gasteiger partial charge in [0, 0.05) is 44.6 Å². The van der Waals surface area contributed by atoms with Crippen molar-refractivity contribution in [2.75, 3.05) is 51.9 Å². The Morgan fingerprint density at radius 2 is 1.85 bits per heavy atom. The molecular formula is C24H30N4O5. The fourth-order valence-electron chi connectivity index (χ4n) is 4.58. The third kappa shape index (κ3) is 4.58. The van der Waals surface area contributed by atoms with Crippen LogP contribution in [0.25, 0.3) is 0 Å². The Bertz CT molecular complexity index is 1050. The maximum absolute atomic E-state index is 13.1. The SMILES string of the molecule is CCOC(=O)N1CCN(c2nc(C)c3c(n2)CC(c2ccc(OC)cc2OC)CC3=O)CC1.